The molecular weight excluding hydrogens is 258 g/mol. The van der Waals surface area contributed by atoms with E-state index in [0.29, 0.717) is 19.5 Å². The van der Waals surface area contributed by atoms with E-state index in [1.54, 1.807) is 6.92 Å². The van der Waals surface area contributed by atoms with Crippen LogP contribution >= 0.6 is 0 Å². The smallest absolute Gasteiger partial charge is 0.421 e. The summed E-state index contributed by atoms with van der Waals surface area (Å²) < 4.78 is 31.9. The first-order chi connectivity index (χ1) is 8.51. The van der Waals surface area contributed by atoms with Gasteiger partial charge in [0.15, 0.2) is 0 Å². The zero-order chi connectivity index (χ0) is 13.6. The summed E-state index contributed by atoms with van der Waals surface area (Å²) in [5.74, 6) is 0. The van der Waals surface area contributed by atoms with Crippen LogP contribution in [0.4, 0.5) is 4.79 Å². The fourth-order valence-electron chi connectivity index (χ4n) is 2.10. The zero-order valence-electron chi connectivity index (χ0n) is 10.6. The first-order valence-electron chi connectivity index (χ1n) is 6.17. The Balaban J connectivity index is 2.71. The minimum absolute atomic E-state index is 0.129. The number of nitrogens with one attached hydrogen (secondary N) is 1. The van der Waals surface area contributed by atoms with Gasteiger partial charge in [0.25, 0.3) is 0 Å². The first kappa shape index (κ1) is 15.2. The van der Waals surface area contributed by atoms with Gasteiger partial charge in [0.2, 0.25) is 0 Å². The normalized spacial score (nSPS) is 21.6. The Kier molecular flexibility index (Phi) is 5.83. The molecule has 0 bridgehead atoms. The molecule has 0 aromatic heterocycles. The Morgan fingerprint density at radius 2 is 2.22 bits per heavy atom. The summed E-state index contributed by atoms with van der Waals surface area (Å²) in [6.45, 7) is 2.59. The first-order valence-corrected chi connectivity index (χ1v) is 7.61. The molecule has 1 rings (SSSR count). The molecule has 1 atom stereocenters. The van der Waals surface area contributed by atoms with Crippen molar-refractivity contribution in [1.29, 1.82) is 0 Å². The predicted octanol–water partition coefficient (Wildman–Crippen LogP) is 0.181. The largest absolute Gasteiger partial charge is 0.449 e. The van der Waals surface area contributed by atoms with Crippen LogP contribution in [0.2, 0.25) is 0 Å². The average Bonchev–Trinajstić information content (AvgIpc) is 2.29. The molecule has 18 heavy (non-hydrogen) atoms. The molecule has 1 unspecified atom stereocenters. The van der Waals surface area contributed by atoms with Crippen molar-refractivity contribution >= 4 is 16.3 Å². The van der Waals surface area contributed by atoms with E-state index in [-0.39, 0.29) is 12.6 Å². The molecule has 3 N–H and O–H groups in total. The molecule has 8 heteroatoms. The Hall–Kier alpha value is -0.860. The molecule has 1 saturated heterocycles. The van der Waals surface area contributed by atoms with Gasteiger partial charge in [0.1, 0.15) is 0 Å². The highest BCUT2D eigenvalue weighted by atomic mass is 32.2. The molecular formula is C10H21N3O4S. The summed E-state index contributed by atoms with van der Waals surface area (Å²) in [5, 5.41) is 0. The van der Waals surface area contributed by atoms with Crippen molar-refractivity contribution in [2.24, 2.45) is 5.73 Å². The number of carbonyl (C=O) groups is 1. The third-order valence-electron chi connectivity index (χ3n) is 2.87. The fraction of sp³-hybridized carbons (Fsp3) is 0.900. The maximum atomic E-state index is 12.0. The molecule has 0 aromatic rings. The van der Waals surface area contributed by atoms with Crippen LogP contribution in [0, 0.1) is 0 Å². The van der Waals surface area contributed by atoms with Crippen molar-refractivity contribution in [2.45, 2.75) is 38.6 Å². The van der Waals surface area contributed by atoms with Gasteiger partial charge in [0.05, 0.1) is 6.61 Å². The quantitative estimate of drug-likeness (QED) is 0.747. The standard InChI is InChI=1S/C10H21N3O4S/c1-2-17-10(14)12-18(15,16)13-8-4-3-5-9(13)6-7-11/h9H,2-8,11H2,1H3,(H,12,14). The van der Waals surface area contributed by atoms with Crippen LogP contribution in [-0.2, 0) is 14.9 Å². The lowest BCUT2D eigenvalue weighted by Gasteiger charge is -2.34. The Morgan fingerprint density at radius 3 is 2.83 bits per heavy atom. The lowest BCUT2D eigenvalue weighted by atomic mass is 10.0. The molecule has 106 valence electrons. The van der Waals surface area contributed by atoms with Crippen molar-refractivity contribution in [3.8, 4) is 0 Å². The highest BCUT2D eigenvalue weighted by Crippen LogP contribution is 2.21. The molecule has 1 fully saturated rings. The van der Waals surface area contributed by atoms with E-state index in [2.05, 4.69) is 4.74 Å². The minimum Gasteiger partial charge on any atom is -0.449 e. The van der Waals surface area contributed by atoms with E-state index in [1.165, 1.54) is 4.31 Å². The van der Waals surface area contributed by atoms with Crippen molar-refractivity contribution in [1.82, 2.24) is 9.03 Å². The number of hydrogen-bond acceptors (Lipinski definition) is 5. The predicted molar refractivity (Wildman–Crippen MR) is 67.1 cm³/mol. The summed E-state index contributed by atoms with van der Waals surface area (Å²) in [7, 11) is -3.82. The lowest BCUT2D eigenvalue weighted by molar-refractivity contribution is 0.157. The fourth-order valence-corrected chi connectivity index (χ4v) is 3.46. The number of hydrogen-bond donors (Lipinski definition) is 2. The van der Waals surface area contributed by atoms with Crippen LogP contribution in [0.5, 0.6) is 0 Å². The second kappa shape index (κ2) is 6.91. The van der Waals surface area contributed by atoms with Crippen LogP contribution in [0.25, 0.3) is 0 Å². The second-order valence-corrected chi connectivity index (χ2v) is 5.79. The average molecular weight is 279 g/mol. The molecule has 0 aliphatic carbocycles. The Labute approximate surface area is 108 Å². The Morgan fingerprint density at radius 1 is 1.50 bits per heavy atom. The van der Waals surface area contributed by atoms with Crippen molar-refractivity contribution < 1.29 is 17.9 Å². The van der Waals surface area contributed by atoms with Gasteiger partial charge in [-0.3, -0.25) is 0 Å². The van der Waals surface area contributed by atoms with Gasteiger partial charge in [-0.2, -0.15) is 12.7 Å². The lowest BCUT2D eigenvalue weighted by Crippen LogP contribution is -2.51. The van der Waals surface area contributed by atoms with Gasteiger partial charge < -0.3 is 10.5 Å². The number of ether oxygens (including phenoxy) is 1. The number of carbonyl (C=O) groups excluding carboxylic acids is 1. The topological polar surface area (TPSA) is 102 Å². The number of piperidine rings is 1. The van der Waals surface area contributed by atoms with Gasteiger partial charge in [0, 0.05) is 12.6 Å². The van der Waals surface area contributed by atoms with E-state index in [9.17, 15) is 13.2 Å². The molecule has 7 nitrogen and oxygen atoms in total. The third kappa shape index (κ3) is 4.11. The molecule has 0 spiro atoms. The van der Waals surface area contributed by atoms with Crippen LogP contribution in [-0.4, -0.2) is 44.6 Å². The molecule has 0 radical (unpaired) electrons. The molecule has 1 heterocycles. The van der Waals surface area contributed by atoms with E-state index >= 15 is 0 Å². The van der Waals surface area contributed by atoms with E-state index in [0.717, 1.165) is 19.3 Å². The van der Waals surface area contributed by atoms with Gasteiger partial charge >= 0.3 is 16.3 Å². The summed E-state index contributed by atoms with van der Waals surface area (Å²) in [6.07, 6.45) is 2.22. The highest BCUT2D eigenvalue weighted by Gasteiger charge is 2.33. The molecule has 0 aromatic carbocycles. The van der Waals surface area contributed by atoms with Crippen LogP contribution in [0.15, 0.2) is 0 Å². The van der Waals surface area contributed by atoms with Crippen molar-refractivity contribution in [2.75, 3.05) is 19.7 Å². The maximum absolute atomic E-state index is 12.0. The number of nitrogens with zero attached hydrogens (tertiary/aromatic N) is 1. The third-order valence-corrected chi connectivity index (χ3v) is 4.39. The van der Waals surface area contributed by atoms with Gasteiger partial charge in [-0.05, 0) is 32.7 Å². The van der Waals surface area contributed by atoms with Crippen molar-refractivity contribution in [3.63, 3.8) is 0 Å². The van der Waals surface area contributed by atoms with E-state index in [4.69, 9.17) is 5.73 Å². The Bertz CT molecular complexity index is 369. The van der Waals surface area contributed by atoms with Crippen LogP contribution in [0.3, 0.4) is 0 Å². The zero-order valence-corrected chi connectivity index (χ0v) is 11.4. The number of nitrogens with two attached hydrogens (primary N) is 1. The molecule has 1 aliphatic rings. The number of rotatable bonds is 5. The molecule has 0 saturated carbocycles. The summed E-state index contributed by atoms with van der Waals surface area (Å²) >= 11 is 0. The molecule has 1 aliphatic heterocycles. The minimum atomic E-state index is -3.82. The van der Waals surface area contributed by atoms with Crippen molar-refractivity contribution in [3.05, 3.63) is 0 Å². The van der Waals surface area contributed by atoms with Crippen LogP contribution < -0.4 is 10.5 Å². The highest BCUT2D eigenvalue weighted by molar-refractivity contribution is 7.87. The van der Waals surface area contributed by atoms with Gasteiger partial charge in [-0.25, -0.2) is 9.52 Å². The monoisotopic (exact) mass is 279 g/mol. The van der Waals surface area contributed by atoms with E-state index < -0.39 is 16.3 Å². The summed E-state index contributed by atoms with van der Waals surface area (Å²) in [5.41, 5.74) is 5.48. The summed E-state index contributed by atoms with van der Waals surface area (Å²) in [4.78, 5) is 11.2. The van der Waals surface area contributed by atoms with E-state index in [1.807, 2.05) is 4.72 Å². The second-order valence-electron chi connectivity index (χ2n) is 4.17. The number of amides is 1. The maximum Gasteiger partial charge on any atom is 0.421 e. The van der Waals surface area contributed by atoms with Gasteiger partial charge in [-0.1, -0.05) is 6.42 Å². The van der Waals surface area contributed by atoms with Crippen LogP contribution in [0.1, 0.15) is 32.6 Å². The SMILES string of the molecule is CCOC(=O)NS(=O)(=O)N1CCCCC1CCN. The van der Waals surface area contributed by atoms with Gasteiger partial charge in [-0.15, -0.1) is 0 Å². The molecule has 1 amide bonds. The summed E-state index contributed by atoms with van der Waals surface area (Å²) in [6, 6.07) is -0.129.